The van der Waals surface area contributed by atoms with Crippen molar-refractivity contribution in [3.05, 3.63) is 51.1 Å². The third-order valence-electron chi connectivity index (χ3n) is 3.10. The number of hydrogen-bond acceptors (Lipinski definition) is 5. The molecular formula is C13H6BrN3O3S. The average molecular weight is 364 g/mol. The summed E-state index contributed by atoms with van der Waals surface area (Å²) in [6.45, 7) is 0. The Balaban J connectivity index is 1.97. The van der Waals surface area contributed by atoms with Gasteiger partial charge in [-0.05, 0) is 34.1 Å². The molecule has 0 aliphatic carbocycles. The highest BCUT2D eigenvalue weighted by atomic mass is 79.9. The van der Waals surface area contributed by atoms with Crippen LogP contribution in [0.2, 0.25) is 0 Å². The zero-order chi connectivity index (χ0) is 14.6. The fraction of sp³-hybridized carbons (Fsp3) is 0. The quantitative estimate of drug-likeness (QED) is 0.388. The van der Waals surface area contributed by atoms with Crippen LogP contribution in [0.1, 0.15) is 0 Å². The molecule has 0 N–H and O–H groups in total. The van der Waals surface area contributed by atoms with Crippen LogP contribution in [-0.2, 0) is 0 Å². The van der Waals surface area contributed by atoms with E-state index < -0.39 is 4.92 Å². The number of fused-ring (bicyclic) bond motifs is 3. The Morgan fingerprint density at radius 1 is 1.29 bits per heavy atom. The van der Waals surface area contributed by atoms with Gasteiger partial charge in [0.2, 0.25) is 0 Å². The van der Waals surface area contributed by atoms with Crippen molar-refractivity contribution >= 4 is 48.3 Å². The molecule has 0 bridgehead atoms. The van der Waals surface area contributed by atoms with E-state index in [1.165, 1.54) is 6.07 Å². The predicted octanol–water partition coefficient (Wildman–Crippen LogP) is 4.48. The Labute approximate surface area is 129 Å². The molecule has 3 aromatic heterocycles. The fourth-order valence-electron chi connectivity index (χ4n) is 2.20. The van der Waals surface area contributed by atoms with Crippen LogP contribution >= 0.6 is 27.3 Å². The SMILES string of the molecule is O=[N+]([O-])c1ccc(-c2nc3sc4ccccc4n3c2Br)o1. The molecule has 0 amide bonds. The van der Waals surface area contributed by atoms with E-state index in [1.54, 1.807) is 17.4 Å². The van der Waals surface area contributed by atoms with Crippen LogP contribution in [0.25, 0.3) is 26.6 Å². The molecule has 0 atom stereocenters. The monoisotopic (exact) mass is 363 g/mol. The molecule has 4 rings (SSSR count). The van der Waals surface area contributed by atoms with Gasteiger partial charge < -0.3 is 4.42 Å². The minimum Gasteiger partial charge on any atom is -0.399 e. The summed E-state index contributed by atoms with van der Waals surface area (Å²) in [5.74, 6) is 0.0756. The molecule has 0 aliphatic rings. The van der Waals surface area contributed by atoms with Crippen molar-refractivity contribution in [2.24, 2.45) is 0 Å². The molecule has 0 saturated carbocycles. The minimum atomic E-state index is -0.564. The molecule has 4 aromatic rings. The third-order valence-corrected chi connectivity index (χ3v) is 4.85. The number of thiazole rings is 1. The van der Waals surface area contributed by atoms with Crippen LogP contribution in [0.4, 0.5) is 5.88 Å². The van der Waals surface area contributed by atoms with Crippen molar-refractivity contribution in [3.8, 4) is 11.5 Å². The van der Waals surface area contributed by atoms with Gasteiger partial charge >= 0.3 is 5.88 Å². The van der Waals surface area contributed by atoms with Gasteiger partial charge in [-0.15, -0.1) is 0 Å². The molecule has 0 radical (unpaired) electrons. The number of benzene rings is 1. The maximum Gasteiger partial charge on any atom is 0.433 e. The Hall–Kier alpha value is -2.19. The highest BCUT2D eigenvalue weighted by Crippen LogP contribution is 2.37. The Morgan fingerprint density at radius 2 is 2.10 bits per heavy atom. The molecule has 0 spiro atoms. The lowest BCUT2D eigenvalue weighted by Crippen LogP contribution is -1.83. The lowest BCUT2D eigenvalue weighted by atomic mass is 10.3. The van der Waals surface area contributed by atoms with E-state index in [0.717, 1.165) is 19.8 Å². The number of para-hydroxylation sites is 1. The highest BCUT2D eigenvalue weighted by Gasteiger charge is 2.21. The molecule has 104 valence electrons. The second-order valence-electron chi connectivity index (χ2n) is 4.33. The van der Waals surface area contributed by atoms with Crippen molar-refractivity contribution in [2.45, 2.75) is 0 Å². The summed E-state index contributed by atoms with van der Waals surface area (Å²) in [5.41, 5.74) is 1.59. The molecule has 0 unspecified atom stereocenters. The lowest BCUT2D eigenvalue weighted by molar-refractivity contribution is -0.401. The number of furan rings is 1. The summed E-state index contributed by atoms with van der Waals surface area (Å²) in [7, 11) is 0. The average Bonchev–Trinajstić information content (AvgIpc) is 3.13. The summed E-state index contributed by atoms with van der Waals surface area (Å²) >= 11 is 5.06. The molecule has 8 heteroatoms. The van der Waals surface area contributed by atoms with Gasteiger partial charge in [-0.25, -0.2) is 4.98 Å². The van der Waals surface area contributed by atoms with Crippen molar-refractivity contribution in [1.82, 2.24) is 9.38 Å². The van der Waals surface area contributed by atoms with Crippen LogP contribution < -0.4 is 0 Å². The molecule has 1 aromatic carbocycles. The maximum atomic E-state index is 10.7. The Kier molecular flexibility index (Phi) is 2.63. The minimum absolute atomic E-state index is 0.293. The molecule has 0 aliphatic heterocycles. The van der Waals surface area contributed by atoms with E-state index in [0.29, 0.717) is 11.5 Å². The Bertz CT molecular complexity index is 1000. The number of nitrogens with zero attached hydrogens (tertiary/aromatic N) is 3. The molecule has 3 heterocycles. The van der Waals surface area contributed by atoms with Crippen LogP contribution in [0.5, 0.6) is 0 Å². The van der Waals surface area contributed by atoms with Gasteiger partial charge in [-0.2, -0.15) is 0 Å². The number of nitro groups is 1. The van der Waals surface area contributed by atoms with E-state index in [4.69, 9.17) is 4.42 Å². The van der Waals surface area contributed by atoms with E-state index >= 15 is 0 Å². The summed E-state index contributed by atoms with van der Waals surface area (Å²) in [6, 6.07) is 10.8. The van der Waals surface area contributed by atoms with Gasteiger partial charge in [0.05, 0.1) is 16.3 Å². The van der Waals surface area contributed by atoms with Crippen molar-refractivity contribution in [1.29, 1.82) is 0 Å². The van der Waals surface area contributed by atoms with Crippen LogP contribution in [0.15, 0.2) is 45.4 Å². The number of hydrogen-bond donors (Lipinski definition) is 0. The predicted molar refractivity (Wildman–Crippen MR) is 82.6 cm³/mol. The number of imidazole rings is 1. The summed E-state index contributed by atoms with van der Waals surface area (Å²) < 4.78 is 9.03. The van der Waals surface area contributed by atoms with Gasteiger partial charge in [0.25, 0.3) is 0 Å². The van der Waals surface area contributed by atoms with Crippen LogP contribution in [-0.4, -0.2) is 14.3 Å². The first-order chi connectivity index (χ1) is 10.1. The third kappa shape index (κ3) is 1.79. The van der Waals surface area contributed by atoms with Gasteiger partial charge in [0.1, 0.15) is 15.2 Å². The summed E-state index contributed by atoms with van der Waals surface area (Å²) in [5, 5.41) is 10.7. The van der Waals surface area contributed by atoms with E-state index in [2.05, 4.69) is 20.9 Å². The smallest absolute Gasteiger partial charge is 0.399 e. The largest absolute Gasteiger partial charge is 0.433 e. The van der Waals surface area contributed by atoms with E-state index in [-0.39, 0.29) is 5.88 Å². The zero-order valence-corrected chi connectivity index (χ0v) is 12.7. The summed E-state index contributed by atoms with van der Waals surface area (Å²) in [4.78, 5) is 15.5. The first kappa shape index (κ1) is 12.5. The maximum absolute atomic E-state index is 10.7. The number of aromatic nitrogens is 2. The van der Waals surface area contributed by atoms with Gasteiger partial charge in [-0.3, -0.25) is 14.5 Å². The molecular weight excluding hydrogens is 358 g/mol. The topological polar surface area (TPSA) is 73.6 Å². The van der Waals surface area contributed by atoms with Gasteiger partial charge in [0, 0.05) is 0 Å². The highest BCUT2D eigenvalue weighted by molar-refractivity contribution is 9.10. The second kappa shape index (κ2) is 4.40. The number of halogens is 1. The van der Waals surface area contributed by atoms with Crippen LogP contribution in [0.3, 0.4) is 0 Å². The Morgan fingerprint density at radius 3 is 2.86 bits per heavy atom. The first-order valence-corrected chi connectivity index (χ1v) is 7.56. The standard InChI is InChI=1S/C13H6BrN3O3S/c14-12-11(8-5-6-10(20-8)17(18)19)15-13-16(12)7-3-1-2-4-9(7)21-13/h1-6H. The van der Waals surface area contributed by atoms with Crippen molar-refractivity contribution < 1.29 is 9.34 Å². The first-order valence-electron chi connectivity index (χ1n) is 5.95. The molecule has 21 heavy (non-hydrogen) atoms. The number of rotatable bonds is 2. The summed E-state index contributed by atoms with van der Waals surface area (Å²) in [6.07, 6.45) is 0. The van der Waals surface area contributed by atoms with Crippen molar-refractivity contribution in [2.75, 3.05) is 0 Å². The zero-order valence-electron chi connectivity index (χ0n) is 10.3. The molecule has 6 nitrogen and oxygen atoms in total. The van der Waals surface area contributed by atoms with E-state index in [1.807, 2.05) is 28.7 Å². The lowest BCUT2D eigenvalue weighted by Gasteiger charge is -1.94. The van der Waals surface area contributed by atoms with E-state index in [9.17, 15) is 10.1 Å². The second-order valence-corrected chi connectivity index (χ2v) is 6.09. The normalized spacial score (nSPS) is 11.5. The fourth-order valence-corrected chi connectivity index (χ4v) is 3.98. The van der Waals surface area contributed by atoms with Gasteiger partial charge in [0.15, 0.2) is 10.7 Å². The molecule has 0 fully saturated rings. The van der Waals surface area contributed by atoms with Crippen molar-refractivity contribution in [3.63, 3.8) is 0 Å². The molecule has 0 saturated heterocycles. The van der Waals surface area contributed by atoms with Gasteiger partial charge in [-0.1, -0.05) is 23.5 Å². The van der Waals surface area contributed by atoms with Crippen LogP contribution in [0, 0.1) is 10.1 Å².